The highest BCUT2D eigenvalue weighted by Crippen LogP contribution is 2.03. The molecule has 0 aliphatic carbocycles. The molecule has 0 fully saturated rings. The van der Waals surface area contributed by atoms with Crippen molar-refractivity contribution in [3.05, 3.63) is 59.8 Å². The molecule has 1 N–H and O–H groups in total. The smallest absolute Gasteiger partial charge is 0.269 e. The van der Waals surface area contributed by atoms with E-state index in [4.69, 9.17) is 0 Å². The molecule has 0 radical (unpaired) electrons. The maximum Gasteiger partial charge on any atom is 0.269 e. The van der Waals surface area contributed by atoms with Crippen LogP contribution < -0.4 is 5.32 Å². The van der Waals surface area contributed by atoms with Gasteiger partial charge in [-0.15, -0.1) is 10.2 Å². The van der Waals surface area contributed by atoms with Gasteiger partial charge in [0.1, 0.15) is 11.5 Å². The first kappa shape index (κ1) is 13.2. The Bertz CT molecular complexity index is 780. The number of aromatic nitrogens is 4. The molecular formula is C15H15N5O. The molecule has 6 heteroatoms. The lowest BCUT2D eigenvalue weighted by Gasteiger charge is -2.04. The third kappa shape index (κ3) is 2.89. The summed E-state index contributed by atoms with van der Waals surface area (Å²) in [7, 11) is 0. The van der Waals surface area contributed by atoms with Crippen molar-refractivity contribution in [2.24, 2.45) is 0 Å². The van der Waals surface area contributed by atoms with E-state index < -0.39 is 0 Å². The van der Waals surface area contributed by atoms with Gasteiger partial charge in [0.25, 0.3) is 5.91 Å². The highest BCUT2D eigenvalue weighted by atomic mass is 16.1. The van der Waals surface area contributed by atoms with Gasteiger partial charge in [-0.05, 0) is 31.2 Å². The summed E-state index contributed by atoms with van der Waals surface area (Å²) < 4.78 is 1.91. The number of nitrogens with zero attached hydrogens (tertiary/aromatic N) is 4. The van der Waals surface area contributed by atoms with E-state index in [2.05, 4.69) is 20.5 Å². The summed E-state index contributed by atoms with van der Waals surface area (Å²) in [6.45, 7) is 2.35. The molecule has 3 aromatic heterocycles. The lowest BCUT2D eigenvalue weighted by molar-refractivity contribution is 0.0949. The van der Waals surface area contributed by atoms with Crippen molar-refractivity contribution in [1.82, 2.24) is 24.9 Å². The minimum absolute atomic E-state index is 0.174. The van der Waals surface area contributed by atoms with Crippen molar-refractivity contribution < 1.29 is 4.79 Å². The zero-order valence-corrected chi connectivity index (χ0v) is 11.7. The van der Waals surface area contributed by atoms with Gasteiger partial charge >= 0.3 is 0 Å². The second-order valence-corrected chi connectivity index (χ2v) is 4.72. The largest absolute Gasteiger partial charge is 0.350 e. The van der Waals surface area contributed by atoms with Crippen LogP contribution in [-0.2, 0) is 6.42 Å². The Hall–Kier alpha value is -2.76. The third-order valence-electron chi connectivity index (χ3n) is 3.14. The molecule has 0 spiro atoms. The number of hydrogen-bond donors (Lipinski definition) is 1. The summed E-state index contributed by atoms with van der Waals surface area (Å²) in [5.74, 6) is 0.649. The fraction of sp³-hybridized carbons (Fsp3) is 0.200. The van der Waals surface area contributed by atoms with E-state index >= 15 is 0 Å². The van der Waals surface area contributed by atoms with Gasteiger partial charge in [0.15, 0.2) is 5.65 Å². The molecule has 3 rings (SSSR count). The molecule has 6 nitrogen and oxygen atoms in total. The van der Waals surface area contributed by atoms with Crippen molar-refractivity contribution in [1.29, 1.82) is 0 Å². The molecule has 106 valence electrons. The van der Waals surface area contributed by atoms with Crippen LogP contribution in [0, 0.1) is 6.92 Å². The molecule has 0 aliphatic heterocycles. The molecule has 1 amide bonds. The Morgan fingerprint density at radius 3 is 2.95 bits per heavy atom. The first-order valence-corrected chi connectivity index (χ1v) is 6.74. The topological polar surface area (TPSA) is 72.2 Å². The van der Waals surface area contributed by atoms with Gasteiger partial charge in [0, 0.05) is 24.9 Å². The monoisotopic (exact) mass is 281 g/mol. The third-order valence-corrected chi connectivity index (χ3v) is 3.14. The van der Waals surface area contributed by atoms with E-state index in [-0.39, 0.29) is 5.91 Å². The van der Waals surface area contributed by atoms with Crippen LogP contribution in [0.1, 0.15) is 22.0 Å². The normalized spacial score (nSPS) is 10.7. The SMILES string of the molecule is Cc1cccc(C(=O)NCCc2nnc3ccccn23)n1. The van der Waals surface area contributed by atoms with Crippen LogP contribution in [0.5, 0.6) is 0 Å². The number of fused-ring (bicyclic) bond motifs is 1. The maximum atomic E-state index is 12.0. The van der Waals surface area contributed by atoms with Gasteiger partial charge in [-0.2, -0.15) is 0 Å². The average molecular weight is 281 g/mol. The Morgan fingerprint density at radius 2 is 2.10 bits per heavy atom. The molecule has 3 heterocycles. The predicted molar refractivity (Wildman–Crippen MR) is 78.0 cm³/mol. The molecule has 0 aliphatic rings. The quantitative estimate of drug-likeness (QED) is 0.784. The second-order valence-electron chi connectivity index (χ2n) is 4.72. The van der Waals surface area contributed by atoms with E-state index in [1.165, 1.54) is 0 Å². The summed E-state index contributed by atoms with van der Waals surface area (Å²) >= 11 is 0. The molecule has 21 heavy (non-hydrogen) atoms. The maximum absolute atomic E-state index is 12.0. The number of carbonyl (C=O) groups excluding carboxylic acids is 1. The van der Waals surface area contributed by atoms with Crippen LogP contribution in [0.3, 0.4) is 0 Å². The fourth-order valence-electron chi connectivity index (χ4n) is 2.11. The van der Waals surface area contributed by atoms with Crippen molar-refractivity contribution >= 4 is 11.6 Å². The standard InChI is InChI=1S/C15H15N5O/c1-11-5-4-6-12(17-11)15(21)16-9-8-14-19-18-13-7-2-3-10-20(13)14/h2-7,10H,8-9H2,1H3,(H,16,21). The fourth-order valence-corrected chi connectivity index (χ4v) is 2.11. The summed E-state index contributed by atoms with van der Waals surface area (Å²) in [5, 5.41) is 11.0. The second kappa shape index (κ2) is 5.70. The summed E-state index contributed by atoms with van der Waals surface area (Å²) in [6, 6.07) is 11.1. The highest BCUT2D eigenvalue weighted by Gasteiger charge is 2.08. The van der Waals surface area contributed by atoms with Crippen LogP contribution in [-0.4, -0.2) is 32.0 Å². The molecule has 0 bridgehead atoms. The van der Waals surface area contributed by atoms with E-state index in [0.717, 1.165) is 17.2 Å². The Labute approximate surface area is 121 Å². The van der Waals surface area contributed by atoms with Gasteiger partial charge in [0.2, 0.25) is 0 Å². The van der Waals surface area contributed by atoms with Gasteiger partial charge in [-0.25, -0.2) is 4.98 Å². The zero-order chi connectivity index (χ0) is 14.7. The number of hydrogen-bond acceptors (Lipinski definition) is 4. The van der Waals surface area contributed by atoms with Crippen molar-refractivity contribution in [3.8, 4) is 0 Å². The van der Waals surface area contributed by atoms with Gasteiger partial charge in [0.05, 0.1) is 0 Å². The van der Waals surface area contributed by atoms with Crippen LogP contribution in [0.25, 0.3) is 5.65 Å². The Kier molecular flexibility index (Phi) is 3.59. The number of pyridine rings is 2. The van der Waals surface area contributed by atoms with E-state index in [1.54, 1.807) is 6.07 Å². The summed E-state index contributed by atoms with van der Waals surface area (Å²) in [6.07, 6.45) is 2.53. The zero-order valence-electron chi connectivity index (χ0n) is 11.7. The van der Waals surface area contributed by atoms with Crippen LogP contribution in [0.15, 0.2) is 42.6 Å². The van der Waals surface area contributed by atoms with Crippen LogP contribution in [0.2, 0.25) is 0 Å². The molecule has 0 unspecified atom stereocenters. The van der Waals surface area contributed by atoms with Gasteiger partial charge in [-0.3, -0.25) is 9.20 Å². The molecule has 0 saturated heterocycles. The molecule has 0 atom stereocenters. The van der Waals surface area contributed by atoms with Crippen molar-refractivity contribution in [2.75, 3.05) is 6.54 Å². The minimum atomic E-state index is -0.174. The molecular weight excluding hydrogens is 266 g/mol. The Morgan fingerprint density at radius 1 is 1.19 bits per heavy atom. The first-order chi connectivity index (χ1) is 10.2. The lowest BCUT2D eigenvalue weighted by Crippen LogP contribution is -2.27. The van der Waals surface area contributed by atoms with E-state index in [0.29, 0.717) is 18.7 Å². The van der Waals surface area contributed by atoms with Gasteiger partial charge < -0.3 is 5.32 Å². The van der Waals surface area contributed by atoms with Crippen LogP contribution >= 0.6 is 0 Å². The molecule has 0 aromatic carbocycles. The summed E-state index contributed by atoms with van der Waals surface area (Å²) in [4.78, 5) is 16.2. The number of aryl methyl sites for hydroxylation is 1. The Balaban J connectivity index is 1.62. The lowest BCUT2D eigenvalue weighted by atomic mass is 10.3. The predicted octanol–water partition coefficient (Wildman–Crippen LogP) is 1.41. The van der Waals surface area contributed by atoms with Gasteiger partial charge in [-0.1, -0.05) is 12.1 Å². The molecule has 0 saturated carbocycles. The highest BCUT2D eigenvalue weighted by molar-refractivity contribution is 5.92. The molecule has 3 aromatic rings. The number of rotatable bonds is 4. The number of carbonyl (C=O) groups is 1. The number of amides is 1. The first-order valence-electron chi connectivity index (χ1n) is 6.74. The van der Waals surface area contributed by atoms with Crippen molar-refractivity contribution in [3.63, 3.8) is 0 Å². The van der Waals surface area contributed by atoms with Crippen molar-refractivity contribution in [2.45, 2.75) is 13.3 Å². The summed E-state index contributed by atoms with van der Waals surface area (Å²) in [5.41, 5.74) is 2.06. The minimum Gasteiger partial charge on any atom is -0.350 e. The number of nitrogens with one attached hydrogen (secondary N) is 1. The average Bonchev–Trinajstić information content (AvgIpc) is 2.91. The van der Waals surface area contributed by atoms with Crippen LogP contribution in [0.4, 0.5) is 0 Å². The van der Waals surface area contributed by atoms with E-state index in [9.17, 15) is 4.79 Å². The van der Waals surface area contributed by atoms with E-state index in [1.807, 2.05) is 47.9 Å².